The molecule has 1 atom stereocenters. The Bertz CT molecular complexity index is 356. The highest BCUT2D eigenvalue weighted by atomic mass is 32.1. The molecule has 0 aromatic heterocycles. The van der Waals surface area contributed by atoms with Crippen molar-refractivity contribution >= 4 is 23.1 Å². The molecule has 108 valence electrons. The van der Waals surface area contributed by atoms with Gasteiger partial charge >= 0.3 is 0 Å². The quantitative estimate of drug-likeness (QED) is 0.774. The summed E-state index contributed by atoms with van der Waals surface area (Å²) < 4.78 is 10.8. The van der Waals surface area contributed by atoms with Crippen molar-refractivity contribution in [3.63, 3.8) is 0 Å². The Morgan fingerprint density at radius 3 is 2.63 bits per heavy atom. The van der Waals surface area contributed by atoms with E-state index in [9.17, 15) is 4.79 Å². The molecule has 0 saturated carbocycles. The summed E-state index contributed by atoms with van der Waals surface area (Å²) in [6.45, 7) is 4.98. The lowest BCUT2D eigenvalue weighted by molar-refractivity contribution is -0.151. The van der Waals surface area contributed by atoms with Crippen LogP contribution in [0.25, 0.3) is 0 Å². The number of nitrogens with zero attached hydrogens (tertiary/aromatic N) is 1. The first-order valence-electron chi connectivity index (χ1n) is 6.88. The molecule has 1 unspecified atom stereocenters. The van der Waals surface area contributed by atoms with E-state index in [4.69, 9.17) is 27.4 Å². The predicted molar refractivity (Wildman–Crippen MR) is 75.9 cm³/mol. The predicted octanol–water partition coefficient (Wildman–Crippen LogP) is 0.707. The molecule has 2 N–H and O–H groups in total. The van der Waals surface area contributed by atoms with E-state index in [1.807, 2.05) is 4.90 Å². The van der Waals surface area contributed by atoms with E-state index in [1.165, 1.54) is 0 Å². The fourth-order valence-corrected chi connectivity index (χ4v) is 3.11. The molecule has 19 heavy (non-hydrogen) atoms. The van der Waals surface area contributed by atoms with Gasteiger partial charge in [0, 0.05) is 19.8 Å². The molecule has 6 heteroatoms. The third kappa shape index (κ3) is 2.75. The number of thiocarbonyl (C=S) groups is 1. The van der Waals surface area contributed by atoms with Gasteiger partial charge in [-0.15, -0.1) is 0 Å². The van der Waals surface area contributed by atoms with Crippen LogP contribution in [0.1, 0.15) is 26.2 Å². The molecular formula is C13H22N2O3S. The van der Waals surface area contributed by atoms with E-state index in [2.05, 4.69) is 6.92 Å². The van der Waals surface area contributed by atoms with E-state index in [0.717, 1.165) is 6.42 Å². The van der Waals surface area contributed by atoms with Gasteiger partial charge in [-0.2, -0.15) is 0 Å². The number of carbonyl (C=O) groups excluding carboxylic acids is 1. The molecule has 0 spiro atoms. The van der Waals surface area contributed by atoms with Gasteiger partial charge in [-0.05, 0) is 19.3 Å². The van der Waals surface area contributed by atoms with Crippen molar-refractivity contribution in [3.05, 3.63) is 0 Å². The summed E-state index contributed by atoms with van der Waals surface area (Å²) in [5, 5.41) is 0. The molecule has 2 aliphatic heterocycles. The Hall–Kier alpha value is -0.720. The summed E-state index contributed by atoms with van der Waals surface area (Å²) >= 11 is 5.19. The first-order valence-corrected chi connectivity index (χ1v) is 7.29. The maximum Gasteiger partial charge on any atom is 0.236 e. The van der Waals surface area contributed by atoms with Crippen LogP contribution in [0.4, 0.5) is 0 Å². The summed E-state index contributed by atoms with van der Waals surface area (Å²) in [5.41, 5.74) is 5.18. The van der Waals surface area contributed by atoms with Crippen LogP contribution in [-0.4, -0.2) is 54.8 Å². The van der Waals surface area contributed by atoms with Gasteiger partial charge in [-0.3, -0.25) is 4.79 Å². The van der Waals surface area contributed by atoms with Gasteiger partial charge in [0.15, 0.2) is 0 Å². The average Bonchev–Trinajstić information content (AvgIpc) is 2.47. The van der Waals surface area contributed by atoms with Crippen LogP contribution in [0.3, 0.4) is 0 Å². The summed E-state index contributed by atoms with van der Waals surface area (Å²) in [4.78, 5) is 15.2. The molecule has 5 nitrogen and oxygen atoms in total. The van der Waals surface area contributed by atoms with Crippen molar-refractivity contribution in [1.29, 1.82) is 0 Å². The van der Waals surface area contributed by atoms with Gasteiger partial charge in [0.05, 0.1) is 24.2 Å². The van der Waals surface area contributed by atoms with Gasteiger partial charge in [0.1, 0.15) is 5.41 Å². The Morgan fingerprint density at radius 1 is 1.37 bits per heavy atom. The normalized spacial score (nSPS) is 27.0. The van der Waals surface area contributed by atoms with Crippen LogP contribution in [0.15, 0.2) is 0 Å². The summed E-state index contributed by atoms with van der Waals surface area (Å²) in [6.07, 6.45) is 2.07. The van der Waals surface area contributed by atoms with Crippen LogP contribution in [0.5, 0.6) is 0 Å². The van der Waals surface area contributed by atoms with Crippen LogP contribution >= 0.6 is 12.2 Å². The van der Waals surface area contributed by atoms with E-state index in [1.54, 1.807) is 0 Å². The number of morpholine rings is 1. The molecular weight excluding hydrogens is 264 g/mol. The lowest BCUT2D eigenvalue weighted by atomic mass is 9.78. The largest absolute Gasteiger partial charge is 0.392 e. The first-order chi connectivity index (χ1) is 9.12. The molecule has 0 aromatic carbocycles. The zero-order chi connectivity index (χ0) is 13.9. The highest BCUT2D eigenvalue weighted by Gasteiger charge is 2.46. The van der Waals surface area contributed by atoms with Crippen LogP contribution < -0.4 is 5.73 Å². The molecule has 2 aliphatic rings. The molecule has 0 radical (unpaired) electrons. The first kappa shape index (κ1) is 14.7. The van der Waals surface area contributed by atoms with Crippen molar-refractivity contribution < 1.29 is 14.3 Å². The van der Waals surface area contributed by atoms with Crippen molar-refractivity contribution in [2.75, 3.05) is 33.0 Å². The number of nitrogens with two attached hydrogens (primary N) is 1. The number of hydrogen-bond acceptors (Lipinski definition) is 4. The molecule has 2 saturated heterocycles. The standard InChI is InChI=1S/C13H22N2O3S/c1-2-10-9-18-8-5-15(10)12(16)13(11(14)19)3-6-17-7-4-13/h10H,2-9H2,1H3,(H2,14,19). The molecule has 2 fully saturated rings. The number of amides is 1. The molecule has 0 bridgehead atoms. The van der Waals surface area contributed by atoms with Gasteiger partial charge in [-0.1, -0.05) is 19.1 Å². The Balaban J connectivity index is 2.21. The minimum absolute atomic E-state index is 0.0680. The fourth-order valence-electron chi connectivity index (χ4n) is 2.82. The lowest BCUT2D eigenvalue weighted by Gasteiger charge is -2.43. The summed E-state index contributed by atoms with van der Waals surface area (Å²) in [5.74, 6) is 0.0680. The van der Waals surface area contributed by atoms with E-state index < -0.39 is 5.41 Å². The van der Waals surface area contributed by atoms with Crippen molar-refractivity contribution in [2.45, 2.75) is 32.2 Å². The molecule has 0 aliphatic carbocycles. The Morgan fingerprint density at radius 2 is 2.05 bits per heavy atom. The molecule has 2 heterocycles. The minimum atomic E-state index is -0.710. The third-order valence-electron chi connectivity index (χ3n) is 4.19. The SMILES string of the molecule is CCC1COCCN1C(=O)C1(C(N)=S)CCOCC1. The van der Waals surface area contributed by atoms with Gasteiger partial charge in [0.25, 0.3) is 0 Å². The highest BCUT2D eigenvalue weighted by molar-refractivity contribution is 7.80. The van der Waals surface area contributed by atoms with Crippen LogP contribution in [0.2, 0.25) is 0 Å². The maximum atomic E-state index is 12.9. The number of hydrogen-bond donors (Lipinski definition) is 1. The number of carbonyl (C=O) groups is 1. The Kier molecular flexibility index (Phi) is 4.76. The zero-order valence-electron chi connectivity index (χ0n) is 11.4. The van der Waals surface area contributed by atoms with Crippen molar-refractivity contribution in [3.8, 4) is 0 Å². The zero-order valence-corrected chi connectivity index (χ0v) is 12.2. The lowest BCUT2D eigenvalue weighted by Crippen LogP contribution is -2.58. The third-order valence-corrected chi connectivity index (χ3v) is 4.58. The topological polar surface area (TPSA) is 64.8 Å². The maximum absolute atomic E-state index is 12.9. The van der Waals surface area contributed by atoms with Gasteiger partial charge in [0.2, 0.25) is 5.91 Å². The number of ether oxygens (including phenoxy) is 2. The second-order valence-corrected chi connectivity index (χ2v) is 5.63. The Labute approximate surface area is 119 Å². The number of rotatable bonds is 3. The van der Waals surface area contributed by atoms with Crippen LogP contribution in [0, 0.1) is 5.41 Å². The highest BCUT2D eigenvalue weighted by Crippen LogP contribution is 2.34. The van der Waals surface area contributed by atoms with E-state index in [0.29, 0.717) is 50.8 Å². The van der Waals surface area contributed by atoms with E-state index in [-0.39, 0.29) is 11.9 Å². The smallest absolute Gasteiger partial charge is 0.236 e. The molecule has 1 amide bonds. The summed E-state index contributed by atoms with van der Waals surface area (Å²) in [7, 11) is 0. The minimum Gasteiger partial charge on any atom is -0.392 e. The van der Waals surface area contributed by atoms with Crippen molar-refractivity contribution in [1.82, 2.24) is 4.90 Å². The molecule has 0 aromatic rings. The fraction of sp³-hybridized carbons (Fsp3) is 0.846. The average molecular weight is 286 g/mol. The van der Waals surface area contributed by atoms with E-state index >= 15 is 0 Å². The van der Waals surface area contributed by atoms with Crippen LogP contribution in [-0.2, 0) is 14.3 Å². The van der Waals surface area contributed by atoms with Gasteiger partial charge in [-0.25, -0.2) is 0 Å². The van der Waals surface area contributed by atoms with Gasteiger partial charge < -0.3 is 20.1 Å². The summed E-state index contributed by atoms with van der Waals surface area (Å²) in [6, 6.07) is 0.135. The molecule has 2 rings (SSSR count). The second-order valence-electron chi connectivity index (χ2n) is 5.19. The second kappa shape index (κ2) is 6.15. The van der Waals surface area contributed by atoms with Crippen molar-refractivity contribution in [2.24, 2.45) is 11.1 Å². The monoisotopic (exact) mass is 286 g/mol.